The van der Waals surface area contributed by atoms with E-state index in [2.05, 4.69) is 25.3 Å². The fourth-order valence-electron chi connectivity index (χ4n) is 16.8. The summed E-state index contributed by atoms with van der Waals surface area (Å²) in [5.74, 6) is -9.95. The lowest BCUT2D eigenvalue weighted by Crippen LogP contribution is -2.61. The third kappa shape index (κ3) is 26.3. The molecule has 6 rings (SSSR count). The molecule has 6 aliphatic heterocycles. The van der Waals surface area contributed by atoms with E-state index in [1.165, 1.54) is 66.6 Å². The van der Waals surface area contributed by atoms with Gasteiger partial charge in [-0.25, -0.2) is 10.5 Å². The molecule has 6 saturated heterocycles. The molecular formula is C76H140N4O29S2-2. The average molecular weight is 1640 g/mol. The van der Waals surface area contributed by atoms with Crippen LogP contribution < -0.4 is 0 Å². The van der Waals surface area contributed by atoms with Crippen molar-refractivity contribution in [3.05, 3.63) is 0 Å². The van der Waals surface area contributed by atoms with Gasteiger partial charge in [-0.05, 0) is 150 Å². The molecule has 33 nitrogen and oxygen atoms in total. The molecule has 0 radical (unpaired) electrons. The Bertz CT molecular complexity index is 2730. The maximum absolute atomic E-state index is 14.1. The summed E-state index contributed by atoms with van der Waals surface area (Å²) < 4.78 is 74.1. The van der Waals surface area contributed by atoms with E-state index in [9.17, 15) is 70.2 Å². The van der Waals surface area contributed by atoms with Crippen LogP contribution in [0.25, 0.3) is 0 Å². The lowest BCUT2D eigenvalue weighted by Gasteiger charge is -2.49. The van der Waals surface area contributed by atoms with Crippen molar-refractivity contribution < 1.29 is 144 Å². The summed E-state index contributed by atoms with van der Waals surface area (Å²) >= 11 is 7.40. The first-order valence-electron chi connectivity index (χ1n) is 37.8. The number of likely N-dealkylation sites (N-methyl/N-ethyl adjacent to an activating group) is 2. The Labute approximate surface area is 668 Å². The normalized spacial score (nSPS) is 45.8. The number of rotatable bonds is 14. The van der Waals surface area contributed by atoms with Gasteiger partial charge in [0.25, 0.3) is 0 Å². The van der Waals surface area contributed by atoms with Gasteiger partial charge in [-0.15, -0.1) is 0 Å². The average Bonchev–Trinajstić information content (AvgIpc) is 0.777. The molecule has 4 unspecified atom stereocenters. The summed E-state index contributed by atoms with van der Waals surface area (Å²) in [6.45, 7) is 32.7. The van der Waals surface area contributed by atoms with Crippen molar-refractivity contribution in [2.45, 2.75) is 358 Å². The Morgan fingerprint density at radius 2 is 0.748 bits per heavy atom. The third-order valence-corrected chi connectivity index (χ3v) is 23.6. The van der Waals surface area contributed by atoms with Crippen molar-refractivity contribution in [2.24, 2.45) is 47.3 Å². The number of hydrogen-bond donors (Lipinski definition) is 10. The topological polar surface area (TPSA) is 530 Å². The maximum atomic E-state index is 14.1. The van der Waals surface area contributed by atoms with Gasteiger partial charge >= 0.3 is 11.9 Å². The molecule has 35 heteroatoms. The summed E-state index contributed by atoms with van der Waals surface area (Å²) in [6.07, 6.45) is -19.4. The zero-order chi connectivity index (χ0) is 83.3. The molecule has 0 amide bonds. The largest absolute Gasteiger partial charge is 0.696 e. The SMILES string of the molecule is CC[C@@H]1OC(=O)[C@H](C)[C@@H](O[C@H]2C[C@@](C)(OC)[C@@H](O)[C@H](C)O2)C(C)[C@H](O[C@@H]2O[C@H](C)C[C@H](N(C)C)[C@H]2O)[C@](C)(O)C[C@H](C)C(=O)C(C)[C@H](O)[C@@]1(C)O.CC[C@@H]1OC(=O)[C@H](C)[C@@H](O[C@H]2C[C@@](C)(OC)[C@@H](O)[C@H](C)O2)C(C)[C@H](O[C@@H]2O[C@H](C)C[C@H](N(C)C)[C@H]2O)[C@](C)(O)C[C@H](C)C(=O)C(C)[C@H](O)[C@@]1(C)O.N#C[S-].N#C[S-].O.O.O. The van der Waals surface area contributed by atoms with Crippen LogP contribution in [0, 0.1) is 68.7 Å². The van der Waals surface area contributed by atoms with Crippen molar-refractivity contribution in [1.29, 1.82) is 10.5 Å². The maximum Gasteiger partial charge on any atom is 0.311 e. The number of aliphatic hydroxyl groups is 10. The number of ether oxygens (including phenoxy) is 12. The Morgan fingerprint density at radius 1 is 0.468 bits per heavy atom. The van der Waals surface area contributed by atoms with Gasteiger partial charge in [-0.2, -0.15) is 0 Å². The van der Waals surface area contributed by atoms with E-state index in [4.69, 9.17) is 67.4 Å². The second-order valence-corrected chi connectivity index (χ2v) is 33.5. The summed E-state index contributed by atoms with van der Waals surface area (Å²) in [4.78, 5) is 59.5. The second-order valence-electron chi connectivity index (χ2n) is 33.1. The van der Waals surface area contributed by atoms with E-state index in [1.54, 1.807) is 83.1 Å². The van der Waals surface area contributed by atoms with Crippen LogP contribution in [-0.2, 0) is 101 Å². The highest BCUT2D eigenvalue weighted by molar-refractivity contribution is 7.64. The number of nitriles is 2. The number of methoxy groups -OCH3 is 2. The quantitative estimate of drug-likeness (QED) is 0.0662. The minimum atomic E-state index is -1.99. The van der Waals surface area contributed by atoms with Crippen LogP contribution in [0.3, 0.4) is 0 Å². The summed E-state index contributed by atoms with van der Waals surface area (Å²) in [6, 6.07) is -0.648. The monoisotopic (exact) mass is 1640 g/mol. The van der Waals surface area contributed by atoms with E-state index >= 15 is 0 Å². The minimum Gasteiger partial charge on any atom is -0.696 e. The Balaban J connectivity index is 0.00000198. The number of Topliss-reactive ketones (excluding diaryl/α,β-unsaturated/α-hetero) is 2. The molecule has 0 aromatic carbocycles. The van der Waals surface area contributed by atoms with Crippen molar-refractivity contribution >= 4 is 48.8 Å². The van der Waals surface area contributed by atoms with Crippen LogP contribution >= 0.6 is 0 Å². The van der Waals surface area contributed by atoms with E-state index < -0.39 is 215 Å². The minimum absolute atomic E-state index is 0. The number of aliphatic hydroxyl groups excluding tert-OH is 6. The molecule has 0 spiro atoms. The molecule has 0 aromatic heterocycles. The first-order chi connectivity index (χ1) is 49.7. The van der Waals surface area contributed by atoms with E-state index in [0.29, 0.717) is 12.8 Å². The molecule has 652 valence electrons. The summed E-state index contributed by atoms with van der Waals surface area (Å²) in [7, 11) is 10.4. The van der Waals surface area contributed by atoms with Crippen LogP contribution in [0.4, 0.5) is 0 Å². The van der Waals surface area contributed by atoms with Gasteiger partial charge in [0.2, 0.25) is 0 Å². The van der Waals surface area contributed by atoms with Gasteiger partial charge < -0.3 is 159 Å². The van der Waals surface area contributed by atoms with E-state index in [1.807, 2.05) is 51.8 Å². The van der Waals surface area contributed by atoms with Crippen molar-refractivity contribution in [1.82, 2.24) is 9.80 Å². The number of esters is 2. The molecule has 6 heterocycles. The first-order valence-corrected chi connectivity index (χ1v) is 38.7. The zero-order valence-corrected chi connectivity index (χ0v) is 71.7. The van der Waals surface area contributed by atoms with Crippen molar-refractivity contribution in [3.8, 4) is 10.8 Å². The van der Waals surface area contributed by atoms with Gasteiger partial charge in [0.1, 0.15) is 59.4 Å². The lowest BCUT2D eigenvalue weighted by atomic mass is 9.74. The van der Waals surface area contributed by atoms with Crippen LogP contribution in [-0.4, -0.2) is 312 Å². The Kier molecular flexibility index (Phi) is 43.7. The molecular weight excluding hydrogens is 1500 g/mol. The number of hydrogen-bond acceptors (Lipinski definition) is 32. The van der Waals surface area contributed by atoms with Gasteiger partial charge in [-0.1, -0.05) is 66.2 Å². The van der Waals surface area contributed by atoms with Gasteiger partial charge in [0, 0.05) is 74.7 Å². The molecule has 0 bridgehead atoms. The highest BCUT2D eigenvalue weighted by atomic mass is 32.1. The van der Waals surface area contributed by atoms with Crippen LogP contribution in [0.2, 0.25) is 0 Å². The first kappa shape index (κ1) is 108. The Hall–Kier alpha value is -3.30. The fraction of sp³-hybridized carbons (Fsp3) is 0.921. The molecule has 6 fully saturated rings. The molecule has 0 saturated carbocycles. The van der Waals surface area contributed by atoms with Crippen LogP contribution in [0.15, 0.2) is 0 Å². The summed E-state index contributed by atoms with van der Waals surface area (Å²) in [5.41, 5.74) is -9.68. The van der Waals surface area contributed by atoms with Crippen molar-refractivity contribution in [2.75, 3.05) is 42.4 Å². The zero-order valence-electron chi connectivity index (χ0n) is 70.1. The standard InChI is InChI=1S/2C37H67NO13.2CHNS.3H2O/c2*1-14-25-37(10,45)30(41)20(4)27(39)18(2)16-35(8,44)32(51-34-28(40)24(38(11)12)15-19(3)47-34)21(5)29(22(6)33(43)49-25)50-26-17-36(9,46-13)31(42)23(7)48-26;2*2-1-3;;;/h2*18-26,28-32,34,40-42,44-45H,14-17H2,1-13H3;2*3H;3*1H2/p-2/t2*18-,19+,20?,21?,22+,23-,24-,25-,26-,28+,29-,30-,31-,32-,34-,35+,36+,37-;;;;;/m00...../s1. The predicted molar refractivity (Wildman–Crippen MR) is 409 cm³/mol. The predicted octanol–water partition coefficient (Wildman–Crippen LogP) is 1.13. The number of thiocyanates is 2. The Morgan fingerprint density at radius 3 is 1.00 bits per heavy atom. The molecule has 0 aliphatic carbocycles. The molecule has 36 atom stereocenters. The smallest absolute Gasteiger partial charge is 0.311 e. The van der Waals surface area contributed by atoms with Crippen LogP contribution in [0.5, 0.6) is 0 Å². The third-order valence-electron chi connectivity index (χ3n) is 23.6. The van der Waals surface area contributed by atoms with Gasteiger partial charge in [0.15, 0.2) is 25.2 Å². The lowest BCUT2D eigenvalue weighted by molar-refractivity contribution is -0.318. The van der Waals surface area contributed by atoms with E-state index in [-0.39, 0.29) is 79.2 Å². The number of cyclic esters (lactones) is 2. The molecule has 6 aliphatic rings. The fourth-order valence-corrected chi connectivity index (χ4v) is 16.8. The van der Waals surface area contributed by atoms with Gasteiger partial charge in [-0.3, -0.25) is 19.2 Å². The van der Waals surface area contributed by atoms with E-state index in [0.717, 1.165) is 0 Å². The number of nitrogens with zero attached hydrogens (tertiary/aromatic N) is 4. The van der Waals surface area contributed by atoms with Crippen molar-refractivity contribution in [3.63, 3.8) is 0 Å². The number of carbonyl (C=O) groups is 4. The van der Waals surface area contributed by atoms with Crippen LogP contribution in [0.1, 0.15) is 190 Å². The molecule has 111 heavy (non-hydrogen) atoms. The molecule has 0 aromatic rings. The van der Waals surface area contributed by atoms with Gasteiger partial charge in [0.05, 0.1) is 95.3 Å². The number of ketones is 2. The summed E-state index contributed by atoms with van der Waals surface area (Å²) in [5, 5.41) is 132. The highest BCUT2D eigenvalue weighted by Gasteiger charge is 2.57. The highest BCUT2D eigenvalue weighted by Crippen LogP contribution is 2.44. The number of carbonyl (C=O) groups excluding carboxylic acids is 4. The molecule has 16 N–H and O–H groups in total. The second kappa shape index (κ2) is 45.0.